The van der Waals surface area contributed by atoms with Gasteiger partial charge in [-0.2, -0.15) is 8.42 Å². The molecular weight excluding hydrogens is 416 g/mol. The summed E-state index contributed by atoms with van der Waals surface area (Å²) in [5.74, 6) is 0.419. The lowest BCUT2D eigenvalue weighted by Gasteiger charge is -2.13. The smallest absolute Gasteiger partial charge is 0.299 e. The van der Waals surface area contributed by atoms with Crippen LogP contribution in [0.25, 0.3) is 10.8 Å². The molecule has 0 aliphatic carbocycles. The molecule has 0 heterocycles. The van der Waals surface area contributed by atoms with Crippen molar-refractivity contribution in [2.24, 2.45) is 0 Å². The standard InChI is InChI=1S/C28H44O3S/c1-3-5-7-9-11-13-15-17-24-19-20-25(18-16-14-12-10-8-6-4-2)28-23-26(31-32(29)30)21-22-27(24)28/h19-23,32H,3-18H2,1-2H3. The largest absolute Gasteiger partial charge is 0.384 e. The van der Waals surface area contributed by atoms with E-state index in [4.69, 9.17) is 4.18 Å². The minimum atomic E-state index is -2.89. The van der Waals surface area contributed by atoms with Gasteiger partial charge < -0.3 is 4.18 Å². The van der Waals surface area contributed by atoms with Gasteiger partial charge in [-0.15, -0.1) is 0 Å². The van der Waals surface area contributed by atoms with Crippen LogP contribution in [0.4, 0.5) is 0 Å². The van der Waals surface area contributed by atoms with Crippen molar-refractivity contribution in [3.8, 4) is 5.75 Å². The van der Waals surface area contributed by atoms with Crippen molar-refractivity contribution in [3.63, 3.8) is 0 Å². The van der Waals surface area contributed by atoms with Crippen LogP contribution < -0.4 is 4.18 Å². The summed E-state index contributed by atoms with van der Waals surface area (Å²) in [6, 6.07) is 10.3. The van der Waals surface area contributed by atoms with Gasteiger partial charge in [0.15, 0.2) is 0 Å². The molecule has 0 aliphatic heterocycles. The highest BCUT2D eigenvalue weighted by Gasteiger charge is 2.09. The average Bonchev–Trinajstić information content (AvgIpc) is 2.78. The van der Waals surface area contributed by atoms with E-state index in [1.54, 1.807) is 6.07 Å². The van der Waals surface area contributed by atoms with Gasteiger partial charge in [0.05, 0.1) is 0 Å². The Hall–Kier alpha value is -1.55. The van der Waals surface area contributed by atoms with E-state index in [1.165, 1.54) is 106 Å². The molecule has 32 heavy (non-hydrogen) atoms. The number of fused-ring (bicyclic) bond motifs is 1. The van der Waals surface area contributed by atoms with Crippen molar-refractivity contribution in [1.82, 2.24) is 0 Å². The van der Waals surface area contributed by atoms with Crippen molar-refractivity contribution in [1.29, 1.82) is 0 Å². The molecule has 0 radical (unpaired) electrons. The Labute approximate surface area is 198 Å². The molecule has 3 nitrogen and oxygen atoms in total. The molecule has 0 bridgehead atoms. The van der Waals surface area contributed by atoms with Gasteiger partial charge >= 0.3 is 0 Å². The molecule has 2 aromatic carbocycles. The molecule has 0 fully saturated rings. The van der Waals surface area contributed by atoms with Crippen LogP contribution in [-0.2, 0) is 23.8 Å². The molecule has 4 heteroatoms. The van der Waals surface area contributed by atoms with E-state index in [0.717, 1.165) is 18.2 Å². The first-order valence-corrected chi connectivity index (χ1v) is 14.1. The van der Waals surface area contributed by atoms with Gasteiger partial charge in [0.25, 0.3) is 11.0 Å². The summed E-state index contributed by atoms with van der Waals surface area (Å²) in [5, 5.41) is 2.41. The molecule has 2 aromatic rings. The summed E-state index contributed by atoms with van der Waals surface area (Å²) >= 11 is 0. The SMILES string of the molecule is CCCCCCCCCc1ccc(CCCCCCCCC)c2cc(O[SH](=O)=O)ccc12. The highest BCUT2D eigenvalue weighted by atomic mass is 32.2. The maximum Gasteiger partial charge on any atom is 0.299 e. The molecule has 0 saturated heterocycles. The topological polar surface area (TPSA) is 43.4 Å². The zero-order valence-corrected chi connectivity index (χ0v) is 21.3. The van der Waals surface area contributed by atoms with Crippen LogP contribution in [0, 0.1) is 0 Å². The molecule has 0 aliphatic rings. The Morgan fingerprint density at radius 2 is 1.06 bits per heavy atom. The lowest BCUT2D eigenvalue weighted by atomic mass is 9.93. The van der Waals surface area contributed by atoms with E-state index < -0.39 is 11.0 Å². The number of benzene rings is 2. The van der Waals surface area contributed by atoms with Gasteiger partial charge in [0, 0.05) is 0 Å². The molecule has 0 atom stereocenters. The van der Waals surface area contributed by atoms with Crippen LogP contribution in [0.15, 0.2) is 30.3 Å². The maximum atomic E-state index is 11.1. The van der Waals surface area contributed by atoms with Crippen molar-refractivity contribution < 1.29 is 12.6 Å². The van der Waals surface area contributed by atoms with Crippen molar-refractivity contribution in [3.05, 3.63) is 41.5 Å². The lowest BCUT2D eigenvalue weighted by Crippen LogP contribution is -1.96. The van der Waals surface area contributed by atoms with E-state index in [1.807, 2.05) is 12.1 Å². The summed E-state index contributed by atoms with van der Waals surface area (Å²) in [4.78, 5) is 0. The Balaban J connectivity index is 2.01. The fourth-order valence-corrected chi connectivity index (χ4v) is 4.86. The molecule has 2 rings (SSSR count). The fraction of sp³-hybridized carbons (Fsp3) is 0.643. The Morgan fingerprint density at radius 3 is 1.56 bits per heavy atom. The minimum absolute atomic E-state index is 0.419. The summed E-state index contributed by atoms with van der Waals surface area (Å²) in [6.45, 7) is 4.51. The number of aryl methyl sites for hydroxylation is 2. The Kier molecular flexibility index (Phi) is 13.5. The van der Waals surface area contributed by atoms with E-state index in [-0.39, 0.29) is 0 Å². The predicted octanol–water partition coefficient (Wildman–Crippen LogP) is 8.33. The van der Waals surface area contributed by atoms with E-state index in [0.29, 0.717) is 5.75 Å². The third kappa shape index (κ3) is 9.94. The third-order valence-electron chi connectivity index (χ3n) is 6.45. The summed E-state index contributed by atoms with van der Waals surface area (Å²) < 4.78 is 27.1. The summed E-state index contributed by atoms with van der Waals surface area (Å²) in [6.07, 6.45) is 20.3. The molecule has 0 aromatic heterocycles. The predicted molar refractivity (Wildman–Crippen MR) is 138 cm³/mol. The lowest BCUT2D eigenvalue weighted by molar-refractivity contribution is 0.511. The molecular formula is C28H44O3S. The summed E-state index contributed by atoms with van der Waals surface area (Å²) in [5.41, 5.74) is 2.68. The number of rotatable bonds is 18. The van der Waals surface area contributed by atoms with Crippen molar-refractivity contribution >= 4 is 21.8 Å². The molecule has 0 unspecified atom stereocenters. The second kappa shape index (κ2) is 16.1. The maximum absolute atomic E-state index is 11.1. The number of hydrogen-bond donors (Lipinski definition) is 1. The highest BCUT2D eigenvalue weighted by molar-refractivity contribution is 7.67. The van der Waals surface area contributed by atoms with Gasteiger partial charge in [-0.1, -0.05) is 109 Å². The molecule has 0 N–H and O–H groups in total. The van der Waals surface area contributed by atoms with Gasteiger partial charge in [-0.25, -0.2) is 0 Å². The van der Waals surface area contributed by atoms with E-state index in [9.17, 15) is 8.42 Å². The van der Waals surface area contributed by atoms with Crippen LogP contribution in [0.1, 0.15) is 115 Å². The van der Waals surface area contributed by atoms with Gasteiger partial charge in [-0.3, -0.25) is 0 Å². The first kappa shape index (κ1) is 26.7. The number of thiol groups is 1. The fourth-order valence-electron chi connectivity index (χ4n) is 4.57. The molecule has 180 valence electrons. The van der Waals surface area contributed by atoms with Crippen LogP contribution >= 0.6 is 0 Å². The van der Waals surface area contributed by atoms with Gasteiger partial charge in [0.2, 0.25) is 0 Å². The zero-order chi connectivity index (χ0) is 23.0. The highest BCUT2D eigenvalue weighted by Crippen LogP contribution is 2.30. The van der Waals surface area contributed by atoms with Crippen molar-refractivity contribution in [2.75, 3.05) is 0 Å². The van der Waals surface area contributed by atoms with Crippen LogP contribution in [0.5, 0.6) is 5.75 Å². The molecule has 0 amide bonds. The first-order valence-electron chi connectivity index (χ1n) is 13.0. The van der Waals surface area contributed by atoms with Gasteiger partial charge in [0.1, 0.15) is 5.75 Å². The average molecular weight is 461 g/mol. The Bertz CT molecular complexity index is 849. The monoisotopic (exact) mass is 460 g/mol. The Morgan fingerprint density at radius 1 is 0.594 bits per heavy atom. The second-order valence-electron chi connectivity index (χ2n) is 9.15. The summed E-state index contributed by atoms with van der Waals surface area (Å²) in [7, 11) is -2.89. The van der Waals surface area contributed by atoms with Crippen LogP contribution in [-0.4, -0.2) is 8.42 Å². The normalized spacial score (nSPS) is 11.5. The number of hydrogen-bond acceptors (Lipinski definition) is 3. The minimum Gasteiger partial charge on any atom is -0.384 e. The van der Waals surface area contributed by atoms with Crippen LogP contribution in [0.2, 0.25) is 0 Å². The van der Waals surface area contributed by atoms with E-state index >= 15 is 0 Å². The first-order chi connectivity index (χ1) is 15.7. The second-order valence-corrected chi connectivity index (χ2v) is 9.78. The van der Waals surface area contributed by atoms with E-state index in [2.05, 4.69) is 26.0 Å². The zero-order valence-electron chi connectivity index (χ0n) is 20.4. The van der Waals surface area contributed by atoms with Crippen LogP contribution in [0.3, 0.4) is 0 Å². The number of unbranched alkanes of at least 4 members (excludes halogenated alkanes) is 12. The molecule has 0 spiro atoms. The van der Waals surface area contributed by atoms with Crippen molar-refractivity contribution in [2.45, 2.75) is 117 Å². The quantitative estimate of drug-likeness (QED) is 0.180. The molecule has 0 saturated carbocycles. The third-order valence-corrected chi connectivity index (χ3v) is 6.81. The van der Waals surface area contributed by atoms with Gasteiger partial charge in [-0.05, 0) is 59.7 Å².